The molecule has 0 atom stereocenters. The highest BCUT2D eigenvalue weighted by atomic mass is 19.1. The molecule has 0 bridgehead atoms. The molecule has 0 amide bonds. The van der Waals surface area contributed by atoms with E-state index in [0.717, 1.165) is 37.3 Å². The number of ether oxygens (including phenoxy) is 1. The second kappa shape index (κ2) is 8.57. The van der Waals surface area contributed by atoms with Crippen LogP contribution in [0.15, 0.2) is 36.4 Å². The van der Waals surface area contributed by atoms with E-state index in [2.05, 4.69) is 6.92 Å². The molecule has 2 aromatic rings. The van der Waals surface area contributed by atoms with E-state index < -0.39 is 17.6 Å². The number of halogens is 2. The van der Waals surface area contributed by atoms with Crippen LogP contribution in [0.1, 0.15) is 54.1 Å². The Balaban J connectivity index is 2.02. The smallest absolute Gasteiger partial charge is 0.346 e. The Bertz CT molecular complexity index is 711. The normalized spacial score (nSPS) is 10.7. The SMILES string of the molecule is CCCCCCc1ccc(C(=O)Oc2ccc(C)c(F)c2)c(F)c1. The molecule has 0 saturated carbocycles. The molecule has 0 unspecified atom stereocenters. The topological polar surface area (TPSA) is 26.3 Å². The first kappa shape index (κ1) is 18.1. The van der Waals surface area contributed by atoms with Crippen molar-refractivity contribution in [1.29, 1.82) is 0 Å². The molecule has 24 heavy (non-hydrogen) atoms. The molecule has 0 spiro atoms. The van der Waals surface area contributed by atoms with Crippen molar-refractivity contribution in [2.75, 3.05) is 0 Å². The Labute approximate surface area is 141 Å². The predicted octanol–water partition coefficient (Wildman–Crippen LogP) is 5.62. The van der Waals surface area contributed by atoms with Crippen LogP contribution in [0.2, 0.25) is 0 Å². The average Bonchev–Trinajstić information content (AvgIpc) is 2.55. The van der Waals surface area contributed by atoms with Gasteiger partial charge >= 0.3 is 5.97 Å². The average molecular weight is 332 g/mol. The van der Waals surface area contributed by atoms with E-state index in [0.29, 0.717) is 5.56 Å². The van der Waals surface area contributed by atoms with Crippen LogP contribution in [0.4, 0.5) is 8.78 Å². The third-order valence-electron chi connectivity index (χ3n) is 3.93. The summed E-state index contributed by atoms with van der Waals surface area (Å²) in [6, 6.07) is 8.65. The minimum Gasteiger partial charge on any atom is -0.423 e. The monoisotopic (exact) mass is 332 g/mol. The number of hydrogen-bond donors (Lipinski definition) is 0. The van der Waals surface area contributed by atoms with Gasteiger partial charge in [-0.25, -0.2) is 13.6 Å². The lowest BCUT2D eigenvalue weighted by molar-refractivity contribution is 0.0729. The summed E-state index contributed by atoms with van der Waals surface area (Å²) in [4.78, 5) is 12.1. The van der Waals surface area contributed by atoms with Gasteiger partial charge in [-0.3, -0.25) is 0 Å². The van der Waals surface area contributed by atoms with Crippen LogP contribution in [-0.2, 0) is 6.42 Å². The molecule has 0 aliphatic rings. The van der Waals surface area contributed by atoms with Gasteiger partial charge in [-0.1, -0.05) is 38.3 Å². The molecule has 0 saturated heterocycles. The maximum Gasteiger partial charge on any atom is 0.346 e. The summed E-state index contributed by atoms with van der Waals surface area (Å²) in [5, 5.41) is 0. The van der Waals surface area contributed by atoms with Gasteiger partial charge in [0.05, 0.1) is 5.56 Å². The minimum absolute atomic E-state index is 0.0612. The molecule has 0 aliphatic heterocycles. The van der Waals surface area contributed by atoms with Gasteiger partial charge in [0, 0.05) is 6.07 Å². The van der Waals surface area contributed by atoms with Crippen molar-refractivity contribution in [2.45, 2.75) is 46.0 Å². The number of esters is 1. The van der Waals surface area contributed by atoms with Gasteiger partial charge < -0.3 is 4.74 Å². The zero-order chi connectivity index (χ0) is 17.5. The quantitative estimate of drug-likeness (QED) is 0.374. The van der Waals surface area contributed by atoms with E-state index in [-0.39, 0.29) is 11.3 Å². The van der Waals surface area contributed by atoms with Crippen molar-refractivity contribution >= 4 is 5.97 Å². The van der Waals surface area contributed by atoms with Gasteiger partial charge in [0.1, 0.15) is 17.4 Å². The summed E-state index contributed by atoms with van der Waals surface area (Å²) >= 11 is 0. The third kappa shape index (κ3) is 4.88. The van der Waals surface area contributed by atoms with Crippen molar-refractivity contribution in [1.82, 2.24) is 0 Å². The largest absolute Gasteiger partial charge is 0.423 e. The van der Waals surface area contributed by atoms with Crippen LogP contribution in [0.25, 0.3) is 0 Å². The number of rotatable bonds is 7. The summed E-state index contributed by atoms with van der Waals surface area (Å²) in [5.41, 5.74) is 1.17. The van der Waals surface area contributed by atoms with Crippen LogP contribution < -0.4 is 4.74 Å². The van der Waals surface area contributed by atoms with Gasteiger partial charge in [-0.2, -0.15) is 0 Å². The summed E-state index contributed by atoms with van der Waals surface area (Å²) < 4.78 is 32.7. The summed E-state index contributed by atoms with van der Waals surface area (Å²) in [6.07, 6.45) is 5.22. The Morgan fingerprint density at radius 1 is 1.00 bits per heavy atom. The lowest BCUT2D eigenvalue weighted by Crippen LogP contribution is -2.11. The first-order valence-electron chi connectivity index (χ1n) is 8.28. The van der Waals surface area contributed by atoms with E-state index >= 15 is 0 Å². The zero-order valence-electron chi connectivity index (χ0n) is 14.1. The Morgan fingerprint density at radius 3 is 2.46 bits per heavy atom. The summed E-state index contributed by atoms with van der Waals surface area (Å²) in [6.45, 7) is 3.75. The predicted molar refractivity (Wildman–Crippen MR) is 90.3 cm³/mol. The zero-order valence-corrected chi connectivity index (χ0v) is 14.1. The number of carbonyl (C=O) groups is 1. The molecule has 0 aliphatic carbocycles. The van der Waals surface area contributed by atoms with Crippen molar-refractivity contribution in [3.05, 3.63) is 64.7 Å². The second-order valence-electron chi connectivity index (χ2n) is 5.93. The van der Waals surface area contributed by atoms with Crippen LogP contribution >= 0.6 is 0 Å². The molecule has 2 nitrogen and oxygen atoms in total. The van der Waals surface area contributed by atoms with Gasteiger partial charge in [0.15, 0.2) is 0 Å². The molecule has 0 heterocycles. The molecule has 0 aromatic heterocycles. The van der Waals surface area contributed by atoms with E-state index in [4.69, 9.17) is 4.74 Å². The molecule has 0 fully saturated rings. The first-order valence-corrected chi connectivity index (χ1v) is 8.28. The summed E-state index contributed by atoms with van der Waals surface area (Å²) in [7, 11) is 0. The summed E-state index contributed by atoms with van der Waals surface area (Å²) in [5.74, 6) is -1.84. The number of aryl methyl sites for hydroxylation is 2. The van der Waals surface area contributed by atoms with Gasteiger partial charge in [0.25, 0.3) is 0 Å². The highest BCUT2D eigenvalue weighted by Gasteiger charge is 2.15. The lowest BCUT2D eigenvalue weighted by atomic mass is 10.0. The maximum absolute atomic E-state index is 14.1. The highest BCUT2D eigenvalue weighted by molar-refractivity contribution is 5.91. The van der Waals surface area contributed by atoms with Crippen molar-refractivity contribution in [3.8, 4) is 5.75 Å². The number of hydrogen-bond acceptors (Lipinski definition) is 2. The Hall–Kier alpha value is -2.23. The second-order valence-corrected chi connectivity index (χ2v) is 5.93. The van der Waals surface area contributed by atoms with Crippen molar-refractivity contribution in [3.63, 3.8) is 0 Å². The molecule has 2 aromatic carbocycles. The highest BCUT2D eigenvalue weighted by Crippen LogP contribution is 2.19. The van der Waals surface area contributed by atoms with Crippen molar-refractivity contribution < 1.29 is 18.3 Å². The van der Waals surface area contributed by atoms with Gasteiger partial charge in [0.2, 0.25) is 0 Å². The Morgan fingerprint density at radius 2 is 1.79 bits per heavy atom. The molecule has 2 rings (SSSR count). The van der Waals surface area contributed by atoms with E-state index in [1.54, 1.807) is 13.0 Å². The van der Waals surface area contributed by atoms with Crippen molar-refractivity contribution in [2.24, 2.45) is 0 Å². The van der Waals surface area contributed by atoms with E-state index in [9.17, 15) is 13.6 Å². The molecule has 4 heteroatoms. The fraction of sp³-hybridized carbons (Fsp3) is 0.350. The molecule has 128 valence electrons. The Kier molecular flexibility index (Phi) is 6.47. The van der Waals surface area contributed by atoms with Crippen LogP contribution in [-0.4, -0.2) is 5.97 Å². The fourth-order valence-corrected chi connectivity index (χ4v) is 2.43. The molecular formula is C20H22F2O2. The molecule has 0 N–H and O–H groups in total. The number of carbonyl (C=O) groups excluding carboxylic acids is 1. The first-order chi connectivity index (χ1) is 11.5. The van der Waals surface area contributed by atoms with Crippen LogP contribution in [0.3, 0.4) is 0 Å². The van der Waals surface area contributed by atoms with Crippen LogP contribution in [0.5, 0.6) is 5.75 Å². The van der Waals surface area contributed by atoms with E-state index in [1.807, 2.05) is 0 Å². The maximum atomic E-state index is 14.1. The number of unbranched alkanes of at least 4 members (excludes halogenated alkanes) is 3. The van der Waals surface area contributed by atoms with E-state index in [1.165, 1.54) is 30.7 Å². The molecular weight excluding hydrogens is 310 g/mol. The minimum atomic E-state index is -0.826. The fourth-order valence-electron chi connectivity index (χ4n) is 2.43. The third-order valence-corrected chi connectivity index (χ3v) is 3.93. The number of benzene rings is 2. The van der Waals surface area contributed by atoms with Gasteiger partial charge in [-0.05, 0) is 49.1 Å². The van der Waals surface area contributed by atoms with Gasteiger partial charge in [-0.15, -0.1) is 0 Å². The standard InChI is InChI=1S/C20H22F2O2/c1-3-4-5-6-7-15-9-11-17(19(22)12-15)20(23)24-16-10-8-14(2)18(21)13-16/h8-13H,3-7H2,1-2H3. The van der Waals surface area contributed by atoms with Crippen LogP contribution in [0, 0.1) is 18.6 Å². The molecule has 0 radical (unpaired) electrons. The lowest BCUT2D eigenvalue weighted by Gasteiger charge is -2.08.